The van der Waals surface area contributed by atoms with Crippen LogP contribution < -0.4 is 5.56 Å². The van der Waals surface area contributed by atoms with Crippen LogP contribution in [0.25, 0.3) is 16.3 Å². The van der Waals surface area contributed by atoms with Crippen molar-refractivity contribution in [3.8, 4) is 0 Å². The van der Waals surface area contributed by atoms with E-state index in [9.17, 15) is 9.59 Å². The molecule has 0 aliphatic carbocycles. The van der Waals surface area contributed by atoms with Crippen LogP contribution in [0.1, 0.15) is 32.7 Å². The van der Waals surface area contributed by atoms with E-state index < -0.39 is 0 Å². The summed E-state index contributed by atoms with van der Waals surface area (Å²) >= 11 is 1.46. The molecular formula is C18H16N2O2S. The Morgan fingerprint density at radius 3 is 2.83 bits per heavy atom. The molecule has 116 valence electrons. The van der Waals surface area contributed by atoms with Gasteiger partial charge in [0.25, 0.3) is 5.56 Å². The number of hydrogen-bond donors (Lipinski definition) is 1. The molecule has 4 nitrogen and oxygen atoms in total. The van der Waals surface area contributed by atoms with Crippen molar-refractivity contribution in [3.05, 3.63) is 68.1 Å². The smallest absolute Gasteiger partial charge is 0.260 e. The highest BCUT2D eigenvalue weighted by molar-refractivity contribution is 7.16. The number of fused-ring (bicyclic) bond motifs is 1. The van der Waals surface area contributed by atoms with Gasteiger partial charge in [0.15, 0.2) is 5.78 Å². The summed E-state index contributed by atoms with van der Waals surface area (Å²) in [5.41, 5.74) is 3.42. The Morgan fingerprint density at radius 2 is 2.09 bits per heavy atom. The first-order chi connectivity index (χ1) is 11.0. The van der Waals surface area contributed by atoms with Crippen molar-refractivity contribution in [2.24, 2.45) is 0 Å². The Bertz CT molecular complexity index is 996. The van der Waals surface area contributed by atoms with Crippen LogP contribution in [0.5, 0.6) is 0 Å². The largest absolute Gasteiger partial charge is 0.313 e. The Hall–Kier alpha value is -2.53. The summed E-state index contributed by atoms with van der Waals surface area (Å²) in [5.74, 6) is -0.295. The van der Waals surface area contributed by atoms with E-state index in [-0.39, 0.29) is 16.9 Å². The highest BCUT2D eigenvalue weighted by Gasteiger charge is 2.15. The fraction of sp³-hybridized carbons (Fsp3) is 0.167. The zero-order chi connectivity index (χ0) is 16.6. The summed E-state index contributed by atoms with van der Waals surface area (Å²) in [4.78, 5) is 32.5. The monoisotopic (exact) mass is 324 g/mol. The zero-order valence-electron chi connectivity index (χ0n) is 13.1. The van der Waals surface area contributed by atoms with E-state index in [2.05, 4.69) is 9.97 Å². The molecule has 3 heterocycles. The summed E-state index contributed by atoms with van der Waals surface area (Å²) < 4.78 is 0. The molecule has 3 aromatic rings. The Morgan fingerprint density at radius 1 is 1.30 bits per heavy atom. The summed E-state index contributed by atoms with van der Waals surface area (Å²) in [6, 6.07) is 3.87. The van der Waals surface area contributed by atoms with Gasteiger partial charge in [-0.2, -0.15) is 0 Å². The third-order valence-electron chi connectivity index (χ3n) is 3.85. The van der Waals surface area contributed by atoms with Crippen LogP contribution in [0.2, 0.25) is 0 Å². The molecule has 0 amide bonds. The molecule has 3 aromatic heterocycles. The number of thiophene rings is 1. The number of H-pyrrole nitrogens is 1. The minimum atomic E-state index is -0.342. The molecule has 23 heavy (non-hydrogen) atoms. The number of ketones is 1. The van der Waals surface area contributed by atoms with Gasteiger partial charge in [0.2, 0.25) is 0 Å². The van der Waals surface area contributed by atoms with Crippen molar-refractivity contribution in [2.75, 3.05) is 0 Å². The van der Waals surface area contributed by atoms with Gasteiger partial charge < -0.3 is 4.98 Å². The van der Waals surface area contributed by atoms with Crippen LogP contribution in [0, 0.1) is 20.8 Å². The second-order valence-electron chi connectivity index (χ2n) is 5.50. The van der Waals surface area contributed by atoms with Gasteiger partial charge in [0.05, 0.1) is 5.56 Å². The van der Waals surface area contributed by atoms with Gasteiger partial charge in [-0.05, 0) is 67.1 Å². The minimum Gasteiger partial charge on any atom is -0.313 e. The van der Waals surface area contributed by atoms with Crippen LogP contribution in [0.3, 0.4) is 0 Å². The maximum absolute atomic E-state index is 12.5. The first-order valence-corrected chi connectivity index (χ1v) is 8.11. The number of carbonyl (C=O) groups excluding carboxylic acids is 1. The molecule has 0 unspecified atom stereocenters. The van der Waals surface area contributed by atoms with E-state index in [1.807, 2.05) is 38.3 Å². The van der Waals surface area contributed by atoms with Gasteiger partial charge in [-0.25, -0.2) is 0 Å². The Balaban J connectivity index is 2.00. The van der Waals surface area contributed by atoms with Crippen LogP contribution in [0.15, 0.2) is 34.6 Å². The molecule has 0 saturated heterocycles. The number of aromatic nitrogens is 2. The second-order valence-corrected chi connectivity index (χ2v) is 6.41. The minimum absolute atomic E-state index is 0.199. The lowest BCUT2D eigenvalue weighted by molar-refractivity contribution is 0.104. The topological polar surface area (TPSA) is 62.8 Å². The number of nitrogens with one attached hydrogen (secondary N) is 1. The average molecular weight is 324 g/mol. The highest BCUT2D eigenvalue weighted by atomic mass is 32.1. The summed E-state index contributed by atoms with van der Waals surface area (Å²) in [5, 5.41) is 2.82. The lowest BCUT2D eigenvalue weighted by atomic mass is 10.0. The summed E-state index contributed by atoms with van der Waals surface area (Å²) in [6.07, 6.45) is 4.88. The molecule has 5 heteroatoms. The van der Waals surface area contributed by atoms with Gasteiger partial charge >= 0.3 is 0 Å². The first kappa shape index (κ1) is 15.4. The third-order valence-corrected chi connectivity index (χ3v) is 4.68. The maximum atomic E-state index is 12.5. The SMILES string of the molecule is Cc1cc(C)c(/C=C/C(=O)c2c(C)c3ccsc3[nH]c2=O)cn1. The number of carbonyl (C=O) groups is 1. The van der Waals surface area contributed by atoms with Crippen molar-refractivity contribution >= 4 is 33.4 Å². The van der Waals surface area contributed by atoms with Crippen LogP contribution in [-0.4, -0.2) is 15.8 Å². The van der Waals surface area contributed by atoms with E-state index in [4.69, 9.17) is 0 Å². The van der Waals surface area contributed by atoms with E-state index >= 15 is 0 Å². The van der Waals surface area contributed by atoms with E-state index in [0.29, 0.717) is 0 Å². The number of nitrogens with zero attached hydrogens (tertiary/aromatic N) is 1. The molecule has 3 rings (SSSR count). The molecule has 0 fully saturated rings. The molecule has 1 N–H and O–H groups in total. The predicted octanol–water partition coefficient (Wildman–Crippen LogP) is 3.81. The molecule has 0 aromatic carbocycles. The van der Waals surface area contributed by atoms with Crippen molar-refractivity contribution in [1.29, 1.82) is 0 Å². The Labute approximate surface area is 137 Å². The molecule has 0 saturated carbocycles. The average Bonchev–Trinajstić information content (AvgIpc) is 2.94. The Kier molecular flexibility index (Phi) is 3.96. The first-order valence-electron chi connectivity index (χ1n) is 7.23. The normalized spacial score (nSPS) is 11.4. The van der Waals surface area contributed by atoms with Crippen molar-refractivity contribution in [2.45, 2.75) is 20.8 Å². The number of hydrogen-bond acceptors (Lipinski definition) is 4. The molecule has 0 bridgehead atoms. The highest BCUT2D eigenvalue weighted by Crippen LogP contribution is 2.22. The number of pyridine rings is 2. The van der Waals surface area contributed by atoms with Crippen LogP contribution in [0.4, 0.5) is 0 Å². The number of rotatable bonds is 3. The van der Waals surface area contributed by atoms with E-state index in [0.717, 1.165) is 32.6 Å². The number of aromatic amines is 1. The molecule has 0 radical (unpaired) electrons. The van der Waals surface area contributed by atoms with Crippen LogP contribution in [-0.2, 0) is 0 Å². The summed E-state index contributed by atoms with van der Waals surface area (Å²) in [6.45, 7) is 5.70. The van der Waals surface area contributed by atoms with Crippen molar-refractivity contribution in [1.82, 2.24) is 9.97 Å². The quantitative estimate of drug-likeness (QED) is 0.588. The molecule has 0 spiro atoms. The molecular weight excluding hydrogens is 308 g/mol. The molecule has 0 aliphatic heterocycles. The predicted molar refractivity (Wildman–Crippen MR) is 94.3 cm³/mol. The standard InChI is InChI=1S/C18H16N2O2S/c1-10-8-11(2)19-9-13(10)4-5-15(21)16-12(3)14-6-7-23-18(14)20-17(16)22/h4-9H,1-3H3,(H,20,22)/b5-4+. The number of aryl methyl sites for hydroxylation is 3. The fourth-order valence-electron chi connectivity index (χ4n) is 2.60. The van der Waals surface area contributed by atoms with Gasteiger partial charge in [-0.3, -0.25) is 14.6 Å². The van der Waals surface area contributed by atoms with E-state index in [1.165, 1.54) is 17.4 Å². The van der Waals surface area contributed by atoms with Crippen LogP contribution >= 0.6 is 11.3 Å². The molecule has 0 atom stereocenters. The van der Waals surface area contributed by atoms with Crippen molar-refractivity contribution < 1.29 is 4.79 Å². The lowest BCUT2D eigenvalue weighted by Gasteiger charge is -2.03. The maximum Gasteiger partial charge on any atom is 0.260 e. The molecule has 0 aliphatic rings. The number of allylic oxidation sites excluding steroid dienone is 1. The van der Waals surface area contributed by atoms with Gasteiger partial charge in [-0.15, -0.1) is 11.3 Å². The zero-order valence-corrected chi connectivity index (χ0v) is 14.0. The van der Waals surface area contributed by atoms with Gasteiger partial charge in [-0.1, -0.05) is 0 Å². The second kappa shape index (κ2) is 5.93. The lowest BCUT2D eigenvalue weighted by Crippen LogP contribution is -2.18. The fourth-order valence-corrected chi connectivity index (χ4v) is 3.44. The third kappa shape index (κ3) is 2.87. The van der Waals surface area contributed by atoms with Gasteiger partial charge in [0.1, 0.15) is 4.83 Å². The van der Waals surface area contributed by atoms with Crippen molar-refractivity contribution in [3.63, 3.8) is 0 Å². The summed E-state index contributed by atoms with van der Waals surface area (Å²) in [7, 11) is 0. The van der Waals surface area contributed by atoms with Gasteiger partial charge in [0, 0.05) is 17.3 Å². The van der Waals surface area contributed by atoms with E-state index in [1.54, 1.807) is 12.3 Å².